The highest BCUT2D eigenvalue weighted by Crippen LogP contribution is 2.38. The fourth-order valence-electron chi connectivity index (χ4n) is 5.87. The minimum atomic E-state index is -4.44. The number of hydrogen-bond acceptors (Lipinski definition) is 7. The van der Waals surface area contributed by atoms with Crippen LogP contribution in [0.15, 0.2) is 42.5 Å². The Balaban J connectivity index is 0.000000254. The predicted molar refractivity (Wildman–Crippen MR) is 154 cm³/mol. The molecule has 14 heteroatoms. The Morgan fingerprint density at radius 3 is 1.96 bits per heavy atom. The van der Waals surface area contributed by atoms with Crippen molar-refractivity contribution in [3.8, 4) is 0 Å². The fraction of sp³-hybridized carbons (Fsp3) is 0.531. The summed E-state index contributed by atoms with van der Waals surface area (Å²) >= 11 is 0. The Morgan fingerprint density at radius 2 is 1.43 bits per heavy atom. The summed E-state index contributed by atoms with van der Waals surface area (Å²) in [5.74, 6) is -1.15. The second-order valence-electron chi connectivity index (χ2n) is 11.3. The van der Waals surface area contributed by atoms with E-state index in [1.807, 2.05) is 0 Å². The number of likely N-dealkylation sites (tertiary alicyclic amines) is 1. The summed E-state index contributed by atoms with van der Waals surface area (Å²) in [6, 6.07) is 8.46. The van der Waals surface area contributed by atoms with Gasteiger partial charge in [-0.25, -0.2) is 4.79 Å². The summed E-state index contributed by atoms with van der Waals surface area (Å²) in [6.45, 7) is 2.34. The number of halogens is 6. The molecule has 0 saturated carbocycles. The zero-order chi connectivity index (χ0) is 34.2. The third kappa shape index (κ3) is 9.60. The van der Waals surface area contributed by atoms with E-state index in [2.05, 4.69) is 5.32 Å². The average Bonchev–Trinajstić information content (AvgIpc) is 3.03. The van der Waals surface area contributed by atoms with Crippen LogP contribution >= 0.6 is 0 Å². The summed E-state index contributed by atoms with van der Waals surface area (Å²) in [5.41, 5.74) is 0.0574. The van der Waals surface area contributed by atoms with E-state index in [1.54, 1.807) is 0 Å². The average molecular weight is 661 g/mol. The monoisotopic (exact) mass is 660 g/mol. The molecule has 0 bridgehead atoms. The summed E-state index contributed by atoms with van der Waals surface area (Å²) < 4.78 is 90.6. The van der Waals surface area contributed by atoms with Crippen molar-refractivity contribution in [3.63, 3.8) is 0 Å². The lowest BCUT2D eigenvalue weighted by molar-refractivity contribution is -0.148. The third-order valence-corrected chi connectivity index (χ3v) is 8.28. The van der Waals surface area contributed by atoms with Gasteiger partial charge in [-0.15, -0.1) is 0 Å². The van der Waals surface area contributed by atoms with Gasteiger partial charge in [0, 0.05) is 12.6 Å². The molecule has 254 valence electrons. The lowest BCUT2D eigenvalue weighted by atomic mass is 9.86. The number of carbonyl (C=O) groups excluding carboxylic acids is 3. The SMILES string of the molecule is COC(=O)C1CCN(C(=O)OC)C(c2ccc(C(F)(F)F)c(C)c2)C1.COC(=O)C1CCNC(Cc2ccc(C(F)(F)F)cc2)C1. The number of ether oxygens (including phenoxy) is 3. The van der Waals surface area contributed by atoms with Crippen LogP contribution in [0.5, 0.6) is 0 Å². The normalized spacial score (nSPS) is 21.8. The zero-order valence-corrected chi connectivity index (χ0v) is 26.0. The van der Waals surface area contributed by atoms with Gasteiger partial charge in [-0.05, 0) is 80.5 Å². The third-order valence-electron chi connectivity index (χ3n) is 8.28. The molecule has 0 aromatic heterocycles. The maximum atomic E-state index is 13.0. The number of rotatable bonds is 5. The molecule has 0 radical (unpaired) electrons. The molecule has 8 nitrogen and oxygen atoms in total. The highest BCUT2D eigenvalue weighted by molar-refractivity contribution is 5.74. The molecule has 0 aliphatic carbocycles. The van der Waals surface area contributed by atoms with Gasteiger partial charge in [-0.3, -0.25) is 9.59 Å². The first-order valence-electron chi connectivity index (χ1n) is 14.7. The van der Waals surface area contributed by atoms with Crippen LogP contribution < -0.4 is 5.32 Å². The fourth-order valence-corrected chi connectivity index (χ4v) is 5.87. The molecule has 2 saturated heterocycles. The molecule has 2 aromatic carbocycles. The van der Waals surface area contributed by atoms with Crippen molar-refractivity contribution < 1.29 is 54.9 Å². The van der Waals surface area contributed by atoms with Crippen molar-refractivity contribution in [1.29, 1.82) is 0 Å². The van der Waals surface area contributed by atoms with Crippen LogP contribution in [0, 0.1) is 18.8 Å². The van der Waals surface area contributed by atoms with Gasteiger partial charge in [0.15, 0.2) is 0 Å². The number of aryl methyl sites for hydroxylation is 1. The smallest absolute Gasteiger partial charge is 0.416 e. The van der Waals surface area contributed by atoms with Crippen molar-refractivity contribution in [1.82, 2.24) is 10.2 Å². The van der Waals surface area contributed by atoms with Gasteiger partial charge < -0.3 is 24.4 Å². The summed E-state index contributed by atoms with van der Waals surface area (Å²) in [4.78, 5) is 36.8. The zero-order valence-electron chi connectivity index (χ0n) is 26.0. The van der Waals surface area contributed by atoms with Crippen LogP contribution in [0.3, 0.4) is 0 Å². The van der Waals surface area contributed by atoms with Gasteiger partial charge in [0.2, 0.25) is 0 Å². The molecular formula is C32H38F6N2O6. The molecule has 2 aliphatic rings. The second-order valence-corrected chi connectivity index (χ2v) is 11.3. The largest absolute Gasteiger partial charge is 0.469 e. The number of methoxy groups -OCH3 is 3. The van der Waals surface area contributed by atoms with E-state index in [0.29, 0.717) is 31.4 Å². The molecule has 4 rings (SSSR count). The van der Waals surface area contributed by atoms with Crippen LogP contribution in [0.4, 0.5) is 31.1 Å². The van der Waals surface area contributed by atoms with E-state index in [1.165, 1.54) is 57.4 Å². The summed E-state index contributed by atoms with van der Waals surface area (Å²) in [7, 11) is 3.89. The first-order chi connectivity index (χ1) is 21.6. The van der Waals surface area contributed by atoms with Crippen molar-refractivity contribution in [2.75, 3.05) is 34.4 Å². The van der Waals surface area contributed by atoms with Gasteiger partial charge >= 0.3 is 30.4 Å². The lowest BCUT2D eigenvalue weighted by Gasteiger charge is -2.38. The molecule has 2 fully saturated rings. The molecule has 46 heavy (non-hydrogen) atoms. The van der Waals surface area contributed by atoms with Crippen LogP contribution in [-0.2, 0) is 42.6 Å². The number of esters is 2. The number of amides is 1. The van der Waals surface area contributed by atoms with Crippen molar-refractivity contribution in [2.24, 2.45) is 11.8 Å². The molecule has 1 N–H and O–H groups in total. The predicted octanol–water partition coefficient (Wildman–Crippen LogP) is 6.50. The number of carbonyl (C=O) groups is 3. The summed E-state index contributed by atoms with van der Waals surface area (Å²) in [6.07, 6.45) is -6.66. The first kappa shape index (κ1) is 36.7. The van der Waals surface area contributed by atoms with Crippen molar-refractivity contribution in [2.45, 2.75) is 63.5 Å². The number of piperidine rings is 2. The van der Waals surface area contributed by atoms with Gasteiger partial charge in [0.05, 0.1) is 50.3 Å². The Kier molecular flexibility index (Phi) is 12.5. The first-order valence-corrected chi connectivity index (χ1v) is 14.7. The number of hydrogen-bond donors (Lipinski definition) is 1. The Hall–Kier alpha value is -3.81. The number of benzene rings is 2. The van der Waals surface area contributed by atoms with E-state index in [-0.39, 0.29) is 36.5 Å². The molecule has 2 heterocycles. The van der Waals surface area contributed by atoms with Crippen LogP contribution in [-0.4, -0.2) is 63.4 Å². The molecular weight excluding hydrogens is 622 g/mol. The van der Waals surface area contributed by atoms with E-state index in [0.717, 1.165) is 30.2 Å². The standard InChI is InChI=1S/C17H20F3NO4.C15H18F3NO2/c1-10-8-11(4-5-13(10)17(18,19)20)14-9-12(15(22)24-2)6-7-21(14)16(23)25-3;1-21-14(20)11-6-7-19-13(9-11)8-10-2-4-12(5-3-10)15(16,17)18/h4-5,8,12,14H,6-7,9H2,1-3H3;2-5,11,13,19H,6-9H2,1H3. The Labute approximate surface area is 263 Å². The highest BCUT2D eigenvalue weighted by Gasteiger charge is 2.38. The van der Waals surface area contributed by atoms with E-state index < -0.39 is 47.5 Å². The minimum absolute atomic E-state index is 0.0648. The summed E-state index contributed by atoms with van der Waals surface area (Å²) in [5, 5.41) is 3.29. The van der Waals surface area contributed by atoms with Gasteiger partial charge in [-0.2, -0.15) is 26.3 Å². The van der Waals surface area contributed by atoms with E-state index in [9.17, 15) is 40.7 Å². The van der Waals surface area contributed by atoms with Crippen molar-refractivity contribution >= 4 is 18.0 Å². The molecule has 2 aromatic rings. The number of nitrogens with zero attached hydrogens (tertiary/aromatic N) is 1. The molecule has 1 amide bonds. The van der Waals surface area contributed by atoms with Gasteiger partial charge in [-0.1, -0.05) is 24.3 Å². The van der Waals surface area contributed by atoms with Crippen LogP contribution in [0.1, 0.15) is 59.5 Å². The quantitative estimate of drug-likeness (QED) is 0.223. The topological polar surface area (TPSA) is 94.2 Å². The maximum Gasteiger partial charge on any atom is 0.416 e. The number of alkyl halides is 6. The molecule has 2 aliphatic heterocycles. The minimum Gasteiger partial charge on any atom is -0.469 e. The maximum absolute atomic E-state index is 13.0. The highest BCUT2D eigenvalue weighted by atomic mass is 19.4. The van der Waals surface area contributed by atoms with Crippen LogP contribution in [0.2, 0.25) is 0 Å². The van der Waals surface area contributed by atoms with E-state index in [4.69, 9.17) is 14.2 Å². The van der Waals surface area contributed by atoms with Gasteiger partial charge in [0.1, 0.15) is 0 Å². The Morgan fingerprint density at radius 1 is 0.826 bits per heavy atom. The second kappa shape index (κ2) is 15.7. The van der Waals surface area contributed by atoms with Crippen molar-refractivity contribution in [3.05, 3.63) is 70.3 Å². The number of nitrogens with one attached hydrogen (secondary N) is 1. The molecule has 4 atom stereocenters. The molecule has 4 unspecified atom stereocenters. The van der Waals surface area contributed by atoms with E-state index >= 15 is 0 Å². The van der Waals surface area contributed by atoms with Crippen LogP contribution in [0.25, 0.3) is 0 Å². The Bertz CT molecular complexity index is 1350. The van der Waals surface area contributed by atoms with Gasteiger partial charge in [0.25, 0.3) is 0 Å². The molecule has 0 spiro atoms. The lowest BCUT2D eigenvalue weighted by Crippen LogP contribution is -2.42.